The lowest BCUT2D eigenvalue weighted by Gasteiger charge is -2.35. The SMILES string of the molecule is C=C(/N=C1\C(=C(C)C)N=C(NCc2ccc([S+](C)[O-])nc2)C(=O)N1[C@@H](C)C(F)(F)F)c1c(OC)ncnc1C1CC1. The lowest BCUT2D eigenvalue weighted by Crippen LogP contribution is -2.57. The largest absolute Gasteiger partial charge is 0.610 e. The highest BCUT2D eigenvalue weighted by Gasteiger charge is 2.47. The average molecular weight is 590 g/mol. The number of aromatic nitrogens is 3. The molecule has 4 rings (SSSR count). The van der Waals surface area contributed by atoms with Gasteiger partial charge in [0, 0.05) is 35.9 Å². The Hall–Kier alpha value is -3.78. The number of nitrogens with one attached hydrogen (secondary N) is 1. The molecule has 2 aromatic rings. The van der Waals surface area contributed by atoms with Crippen molar-refractivity contribution in [3.63, 3.8) is 0 Å². The molecule has 2 atom stereocenters. The van der Waals surface area contributed by atoms with E-state index in [0.29, 0.717) is 32.3 Å². The Kier molecular flexibility index (Phi) is 8.83. The number of aliphatic imine (C=N–C) groups is 2. The van der Waals surface area contributed by atoms with Crippen LogP contribution in [-0.2, 0) is 22.5 Å². The fourth-order valence-electron chi connectivity index (χ4n) is 4.13. The topological polar surface area (TPSA) is 128 Å². The Balaban J connectivity index is 1.77. The van der Waals surface area contributed by atoms with Crippen LogP contribution in [0.25, 0.3) is 5.70 Å². The van der Waals surface area contributed by atoms with E-state index in [1.54, 1.807) is 26.0 Å². The maximum atomic E-state index is 14.1. The lowest BCUT2D eigenvalue weighted by molar-refractivity contribution is -0.173. The molecule has 218 valence electrons. The molecule has 0 aromatic carbocycles. The zero-order valence-electron chi connectivity index (χ0n) is 23.2. The first kappa shape index (κ1) is 30.2. The van der Waals surface area contributed by atoms with Gasteiger partial charge in [-0.05, 0) is 50.8 Å². The fourth-order valence-corrected chi connectivity index (χ4v) is 4.59. The first-order valence-electron chi connectivity index (χ1n) is 12.7. The summed E-state index contributed by atoms with van der Waals surface area (Å²) in [6.07, 6.45) is 1.33. The second-order valence-corrected chi connectivity index (χ2v) is 11.1. The summed E-state index contributed by atoms with van der Waals surface area (Å²) in [6.45, 7) is 8.26. The van der Waals surface area contributed by atoms with Gasteiger partial charge in [0.15, 0.2) is 11.7 Å². The van der Waals surface area contributed by atoms with Crippen molar-refractivity contribution >= 4 is 34.5 Å². The van der Waals surface area contributed by atoms with Crippen molar-refractivity contribution in [2.45, 2.75) is 63.3 Å². The summed E-state index contributed by atoms with van der Waals surface area (Å²) in [5, 5.41) is 3.22. The number of methoxy groups -OCH3 is 1. The van der Waals surface area contributed by atoms with Crippen LogP contribution in [0.5, 0.6) is 5.88 Å². The third kappa shape index (κ3) is 6.59. The monoisotopic (exact) mass is 589 g/mol. The number of hydrogen-bond acceptors (Lipinski definition) is 9. The molecule has 10 nitrogen and oxygen atoms in total. The van der Waals surface area contributed by atoms with Crippen molar-refractivity contribution in [3.8, 4) is 5.88 Å². The smallest absolute Gasteiger partial charge is 0.409 e. The molecule has 0 radical (unpaired) electrons. The van der Waals surface area contributed by atoms with Crippen molar-refractivity contribution in [2.75, 3.05) is 13.4 Å². The molecule has 41 heavy (non-hydrogen) atoms. The minimum atomic E-state index is -4.77. The molecule has 1 aliphatic heterocycles. The van der Waals surface area contributed by atoms with Crippen LogP contribution in [0.4, 0.5) is 13.2 Å². The third-order valence-electron chi connectivity index (χ3n) is 6.50. The minimum absolute atomic E-state index is 0.0426. The van der Waals surface area contributed by atoms with Crippen LogP contribution in [0.15, 0.2) is 57.5 Å². The van der Waals surface area contributed by atoms with Crippen LogP contribution in [0, 0.1) is 0 Å². The van der Waals surface area contributed by atoms with Crippen molar-refractivity contribution in [3.05, 3.63) is 59.3 Å². The van der Waals surface area contributed by atoms with Crippen LogP contribution >= 0.6 is 0 Å². The molecule has 1 amide bonds. The molecule has 2 aliphatic rings. The summed E-state index contributed by atoms with van der Waals surface area (Å²) >= 11 is -1.27. The van der Waals surface area contributed by atoms with E-state index in [9.17, 15) is 22.5 Å². The summed E-state index contributed by atoms with van der Waals surface area (Å²) in [7, 11) is 1.42. The van der Waals surface area contributed by atoms with Gasteiger partial charge < -0.3 is 14.6 Å². The molecule has 1 unspecified atom stereocenters. The first-order chi connectivity index (χ1) is 19.3. The Morgan fingerprint density at radius 3 is 2.54 bits per heavy atom. The molecule has 2 aromatic heterocycles. The first-order valence-corrected chi connectivity index (χ1v) is 14.2. The number of carbonyl (C=O) groups is 1. The Labute approximate surface area is 238 Å². The zero-order chi connectivity index (χ0) is 30.1. The number of amides is 1. The maximum Gasteiger partial charge on any atom is 0.409 e. The number of amidine groups is 2. The quantitative estimate of drug-likeness (QED) is 0.459. The molecule has 1 N–H and O–H groups in total. The van der Waals surface area contributed by atoms with Gasteiger partial charge in [0.25, 0.3) is 5.91 Å². The summed E-state index contributed by atoms with van der Waals surface area (Å²) in [4.78, 5) is 35.6. The van der Waals surface area contributed by atoms with Gasteiger partial charge in [-0.25, -0.2) is 24.9 Å². The molecule has 1 saturated carbocycles. The summed E-state index contributed by atoms with van der Waals surface area (Å²) in [6, 6.07) is 0.998. The summed E-state index contributed by atoms with van der Waals surface area (Å²) < 4.78 is 59.4. The number of halogens is 3. The van der Waals surface area contributed by atoms with Gasteiger partial charge in [0.1, 0.15) is 24.3 Å². The average Bonchev–Trinajstić information content (AvgIpc) is 3.77. The van der Waals surface area contributed by atoms with Crippen molar-refractivity contribution in [1.82, 2.24) is 25.2 Å². The van der Waals surface area contributed by atoms with E-state index in [1.807, 2.05) is 0 Å². The molecule has 1 fully saturated rings. The van der Waals surface area contributed by atoms with Crippen LogP contribution in [0.2, 0.25) is 0 Å². The number of ether oxygens (including phenoxy) is 1. The molecule has 0 saturated heterocycles. The Morgan fingerprint density at radius 2 is 2.00 bits per heavy atom. The number of nitrogens with zero attached hydrogens (tertiary/aromatic N) is 6. The second kappa shape index (κ2) is 12.0. The number of rotatable bonds is 8. The Morgan fingerprint density at radius 1 is 1.29 bits per heavy atom. The van der Waals surface area contributed by atoms with Crippen LogP contribution in [0.1, 0.15) is 56.4 Å². The van der Waals surface area contributed by atoms with E-state index in [0.717, 1.165) is 19.8 Å². The third-order valence-corrected chi connectivity index (χ3v) is 7.33. The fraction of sp³-hybridized carbons (Fsp3) is 0.407. The van der Waals surface area contributed by atoms with Gasteiger partial charge in [-0.1, -0.05) is 6.58 Å². The minimum Gasteiger partial charge on any atom is -0.610 e. The molecule has 3 heterocycles. The zero-order valence-corrected chi connectivity index (χ0v) is 24.1. The van der Waals surface area contributed by atoms with Crippen molar-refractivity contribution < 1.29 is 27.3 Å². The number of allylic oxidation sites excluding steroid dienone is 1. The van der Waals surface area contributed by atoms with Crippen LogP contribution < -0.4 is 10.1 Å². The highest BCUT2D eigenvalue weighted by molar-refractivity contribution is 7.90. The van der Waals surface area contributed by atoms with E-state index in [1.165, 1.54) is 25.9 Å². The maximum absolute atomic E-state index is 14.1. The van der Waals surface area contributed by atoms with E-state index < -0.39 is 29.3 Å². The normalized spacial score (nSPS) is 18.2. The number of carbonyl (C=O) groups excluding carboxylic acids is 1. The second-order valence-electron chi connectivity index (χ2n) is 9.81. The lowest BCUT2D eigenvalue weighted by atomic mass is 10.1. The number of hydrogen-bond donors (Lipinski definition) is 1. The molecule has 1 aliphatic carbocycles. The highest BCUT2D eigenvalue weighted by atomic mass is 32.2. The predicted molar refractivity (Wildman–Crippen MR) is 149 cm³/mol. The highest BCUT2D eigenvalue weighted by Crippen LogP contribution is 2.44. The van der Waals surface area contributed by atoms with E-state index in [2.05, 4.69) is 36.8 Å². The number of pyridine rings is 1. The predicted octanol–water partition coefficient (Wildman–Crippen LogP) is 4.14. The summed E-state index contributed by atoms with van der Waals surface area (Å²) in [5.41, 5.74) is 2.29. The molecule has 0 bridgehead atoms. The molecule has 0 spiro atoms. The van der Waals surface area contributed by atoms with Crippen molar-refractivity contribution in [2.24, 2.45) is 9.98 Å². The van der Waals surface area contributed by atoms with Crippen LogP contribution in [0.3, 0.4) is 0 Å². The van der Waals surface area contributed by atoms with Gasteiger partial charge in [-0.2, -0.15) is 13.2 Å². The Bertz CT molecular complexity index is 1430. The van der Waals surface area contributed by atoms with Crippen LogP contribution in [-0.4, -0.2) is 67.6 Å². The van der Waals surface area contributed by atoms with Gasteiger partial charge >= 0.3 is 6.18 Å². The van der Waals surface area contributed by atoms with E-state index in [4.69, 9.17) is 4.74 Å². The van der Waals surface area contributed by atoms with Gasteiger partial charge in [-0.3, -0.25) is 9.69 Å². The summed E-state index contributed by atoms with van der Waals surface area (Å²) in [5.74, 6) is -1.27. The van der Waals surface area contributed by atoms with Crippen molar-refractivity contribution in [1.29, 1.82) is 0 Å². The molecule has 14 heteroatoms. The van der Waals surface area contributed by atoms with E-state index >= 15 is 0 Å². The number of alkyl halides is 3. The molecular formula is C27H30F3N7O3S. The van der Waals surface area contributed by atoms with Gasteiger partial charge in [-0.15, -0.1) is 0 Å². The van der Waals surface area contributed by atoms with Gasteiger partial charge in [0.05, 0.1) is 24.1 Å². The molecular weight excluding hydrogens is 559 g/mol. The van der Waals surface area contributed by atoms with Gasteiger partial charge in [0.2, 0.25) is 10.9 Å². The standard InChI is InChI=1S/C27H30F3N7O3S/c1-14(2)21-24(35-15(3)20-22(18-8-9-18)33-13-34-25(20)40-5)37(16(4)27(28,29)30)26(38)23(36-21)32-12-17-7-10-19(31-11-17)41(6)39/h7,10-11,13,16,18H,3,8-9,12H2,1-2,4-6H3,(H,32,36)/b35-24+/t16-,41?/m0/s1. The van der Waals surface area contributed by atoms with E-state index in [-0.39, 0.29) is 41.4 Å².